The molecule has 3 nitrogen and oxygen atoms in total. The number of carbonyl (C=O) groups excluding carboxylic acids is 1. The smallest absolute Gasteiger partial charge is 0.161 e. The van der Waals surface area contributed by atoms with Gasteiger partial charge in [-0.3, -0.25) is 4.79 Å². The van der Waals surface area contributed by atoms with Gasteiger partial charge in [0.25, 0.3) is 0 Å². The van der Waals surface area contributed by atoms with E-state index in [2.05, 4.69) is 4.98 Å². The minimum Gasteiger partial charge on any atom is -0.384 e. The number of carbonyl (C=O) groups is 1. The van der Waals surface area contributed by atoms with Crippen molar-refractivity contribution in [2.24, 2.45) is 0 Å². The summed E-state index contributed by atoms with van der Waals surface area (Å²) >= 11 is 1.62. The van der Waals surface area contributed by atoms with Crippen LogP contribution in [0.5, 0.6) is 0 Å². The summed E-state index contributed by atoms with van der Waals surface area (Å²) in [6.07, 6.45) is 1.61. The van der Waals surface area contributed by atoms with Crippen LogP contribution >= 0.6 is 11.8 Å². The zero-order valence-electron chi connectivity index (χ0n) is 8.32. The first-order valence-electron chi connectivity index (χ1n) is 4.33. The van der Waals surface area contributed by atoms with Crippen LogP contribution in [0, 0.1) is 0 Å². The lowest BCUT2D eigenvalue weighted by molar-refractivity contribution is 0.101. The molecule has 76 valence electrons. The Kier molecular flexibility index (Phi) is 4.62. The van der Waals surface area contributed by atoms with E-state index < -0.39 is 0 Å². The van der Waals surface area contributed by atoms with Gasteiger partial charge in [0.2, 0.25) is 0 Å². The quantitative estimate of drug-likeness (QED) is 0.424. The van der Waals surface area contributed by atoms with Crippen LogP contribution in [-0.2, 0) is 4.74 Å². The van der Waals surface area contributed by atoms with Gasteiger partial charge in [0.15, 0.2) is 5.78 Å². The van der Waals surface area contributed by atoms with Gasteiger partial charge in [-0.05, 0) is 19.1 Å². The first-order chi connectivity index (χ1) is 6.74. The third-order valence-corrected chi connectivity index (χ3v) is 2.59. The number of rotatable bonds is 5. The molecule has 0 aliphatic heterocycles. The lowest BCUT2D eigenvalue weighted by atomic mass is 10.2. The molecule has 0 radical (unpaired) electrons. The Hall–Kier alpha value is -0.870. The van der Waals surface area contributed by atoms with Crippen LogP contribution in [0.25, 0.3) is 0 Å². The topological polar surface area (TPSA) is 39.2 Å². The highest BCUT2D eigenvalue weighted by Gasteiger charge is 2.00. The molecule has 4 heteroatoms. The number of aromatic nitrogens is 1. The van der Waals surface area contributed by atoms with E-state index in [1.165, 1.54) is 6.92 Å². The van der Waals surface area contributed by atoms with Crippen molar-refractivity contribution in [1.82, 2.24) is 4.98 Å². The van der Waals surface area contributed by atoms with Crippen molar-refractivity contribution < 1.29 is 9.53 Å². The van der Waals surface area contributed by atoms with Gasteiger partial charge in [0, 0.05) is 24.6 Å². The molecule has 0 saturated carbocycles. The molecule has 0 N–H and O–H groups in total. The van der Waals surface area contributed by atoms with Gasteiger partial charge in [-0.1, -0.05) is 0 Å². The minimum absolute atomic E-state index is 0.0472. The summed E-state index contributed by atoms with van der Waals surface area (Å²) in [6.45, 7) is 2.25. The lowest BCUT2D eigenvalue weighted by Gasteiger charge is -2.00. The second-order valence-corrected chi connectivity index (χ2v) is 3.90. The number of ketones is 1. The Balaban J connectivity index is 2.51. The van der Waals surface area contributed by atoms with E-state index in [-0.39, 0.29) is 5.78 Å². The van der Waals surface area contributed by atoms with Crippen LogP contribution in [0.3, 0.4) is 0 Å². The molecule has 1 rings (SSSR count). The predicted molar refractivity (Wildman–Crippen MR) is 56.8 cm³/mol. The Morgan fingerprint density at radius 3 is 2.86 bits per heavy atom. The number of Topliss-reactive ketones (excluding diaryl/α,β-unsaturated/α-hetero) is 1. The van der Waals surface area contributed by atoms with Gasteiger partial charge in [-0.25, -0.2) is 4.98 Å². The lowest BCUT2D eigenvalue weighted by Crippen LogP contribution is -1.95. The Morgan fingerprint density at radius 2 is 2.36 bits per heavy atom. The predicted octanol–water partition coefficient (Wildman–Crippen LogP) is 2.02. The molecule has 0 bridgehead atoms. The van der Waals surface area contributed by atoms with E-state index in [0.717, 1.165) is 10.8 Å². The standard InChI is InChI=1S/C10H13NO2S/c1-8(12)9-3-4-10(11-7-9)14-6-5-13-2/h3-4,7H,5-6H2,1-2H3. The molecule has 0 amide bonds. The van der Waals surface area contributed by atoms with Gasteiger partial charge in [0.1, 0.15) is 0 Å². The average Bonchev–Trinajstić information content (AvgIpc) is 2.19. The summed E-state index contributed by atoms with van der Waals surface area (Å²) in [6, 6.07) is 3.65. The molecule has 0 aliphatic carbocycles. The molecule has 0 aliphatic rings. The van der Waals surface area contributed by atoms with Crippen LogP contribution in [0.4, 0.5) is 0 Å². The SMILES string of the molecule is COCCSc1ccc(C(C)=O)cn1. The van der Waals surface area contributed by atoms with Crippen LogP contribution in [0.2, 0.25) is 0 Å². The van der Waals surface area contributed by atoms with Crippen LogP contribution in [0.15, 0.2) is 23.4 Å². The number of hydrogen-bond acceptors (Lipinski definition) is 4. The molecule has 1 aromatic rings. The highest BCUT2D eigenvalue weighted by atomic mass is 32.2. The second-order valence-electron chi connectivity index (χ2n) is 2.78. The number of thioether (sulfide) groups is 1. The van der Waals surface area contributed by atoms with Crippen molar-refractivity contribution in [3.8, 4) is 0 Å². The van der Waals surface area contributed by atoms with Gasteiger partial charge in [-0.2, -0.15) is 0 Å². The van der Waals surface area contributed by atoms with Crippen LogP contribution < -0.4 is 0 Å². The monoisotopic (exact) mass is 211 g/mol. The van der Waals surface area contributed by atoms with Crippen molar-refractivity contribution in [2.75, 3.05) is 19.5 Å². The largest absolute Gasteiger partial charge is 0.384 e. The van der Waals surface area contributed by atoms with Gasteiger partial charge < -0.3 is 4.74 Å². The summed E-state index contributed by atoms with van der Waals surface area (Å²) in [5.41, 5.74) is 0.654. The van der Waals surface area contributed by atoms with Crippen molar-refractivity contribution >= 4 is 17.5 Å². The van der Waals surface area contributed by atoms with E-state index in [1.807, 2.05) is 6.07 Å². The van der Waals surface area contributed by atoms with E-state index in [1.54, 1.807) is 31.1 Å². The fraction of sp³-hybridized carbons (Fsp3) is 0.400. The van der Waals surface area contributed by atoms with Gasteiger partial charge in [0.05, 0.1) is 11.6 Å². The normalized spacial score (nSPS) is 10.1. The van der Waals surface area contributed by atoms with Crippen molar-refractivity contribution in [2.45, 2.75) is 11.9 Å². The van der Waals surface area contributed by atoms with E-state index in [4.69, 9.17) is 4.74 Å². The fourth-order valence-corrected chi connectivity index (χ4v) is 1.65. The highest BCUT2D eigenvalue weighted by Crippen LogP contribution is 2.14. The van der Waals surface area contributed by atoms with E-state index in [0.29, 0.717) is 12.2 Å². The van der Waals surface area contributed by atoms with Gasteiger partial charge in [-0.15, -0.1) is 11.8 Å². The summed E-state index contributed by atoms with van der Waals surface area (Å²) in [5, 5.41) is 0.923. The average molecular weight is 211 g/mol. The third kappa shape index (κ3) is 3.47. The molecule has 0 unspecified atom stereocenters. The maximum atomic E-state index is 11.0. The first kappa shape index (κ1) is 11.2. The number of pyridine rings is 1. The van der Waals surface area contributed by atoms with Crippen molar-refractivity contribution in [1.29, 1.82) is 0 Å². The molecule has 14 heavy (non-hydrogen) atoms. The molecule has 0 fully saturated rings. The minimum atomic E-state index is 0.0472. The van der Waals surface area contributed by atoms with E-state index >= 15 is 0 Å². The van der Waals surface area contributed by atoms with Crippen LogP contribution in [-0.4, -0.2) is 30.2 Å². The fourth-order valence-electron chi connectivity index (χ4n) is 0.904. The van der Waals surface area contributed by atoms with E-state index in [9.17, 15) is 4.79 Å². The van der Waals surface area contributed by atoms with Gasteiger partial charge >= 0.3 is 0 Å². The Bertz CT molecular complexity index is 297. The highest BCUT2D eigenvalue weighted by molar-refractivity contribution is 7.99. The maximum absolute atomic E-state index is 11.0. The molecule has 0 atom stereocenters. The number of hydrogen-bond donors (Lipinski definition) is 0. The summed E-state index contributed by atoms with van der Waals surface area (Å²) in [5.74, 6) is 0.925. The zero-order chi connectivity index (χ0) is 10.4. The number of ether oxygens (including phenoxy) is 1. The summed E-state index contributed by atoms with van der Waals surface area (Å²) in [4.78, 5) is 15.1. The molecule has 1 aromatic heterocycles. The molecule has 0 saturated heterocycles. The number of methoxy groups -OCH3 is 1. The molecule has 1 heterocycles. The van der Waals surface area contributed by atoms with Crippen LogP contribution in [0.1, 0.15) is 17.3 Å². The van der Waals surface area contributed by atoms with Crippen molar-refractivity contribution in [3.05, 3.63) is 23.9 Å². The maximum Gasteiger partial charge on any atom is 0.161 e. The first-order valence-corrected chi connectivity index (χ1v) is 5.31. The third-order valence-electron chi connectivity index (χ3n) is 1.68. The second kappa shape index (κ2) is 5.78. The Morgan fingerprint density at radius 1 is 1.57 bits per heavy atom. The molecule has 0 aromatic carbocycles. The summed E-state index contributed by atoms with van der Waals surface area (Å²) < 4.78 is 4.92. The molecular weight excluding hydrogens is 198 g/mol. The molecular formula is C10H13NO2S. The molecule has 0 spiro atoms. The zero-order valence-corrected chi connectivity index (χ0v) is 9.13. The Labute approximate surface area is 87.9 Å². The number of nitrogens with zero attached hydrogens (tertiary/aromatic N) is 1. The summed E-state index contributed by atoms with van der Waals surface area (Å²) in [7, 11) is 1.67. The van der Waals surface area contributed by atoms with Crippen molar-refractivity contribution in [3.63, 3.8) is 0 Å².